The monoisotopic (exact) mass is 241 g/mol. The molecule has 17 heavy (non-hydrogen) atoms. The fraction of sp³-hybridized carbons (Fsp3) is 0.333. The summed E-state index contributed by atoms with van der Waals surface area (Å²) in [4.78, 5) is 0. The summed E-state index contributed by atoms with van der Waals surface area (Å²) in [6.07, 6.45) is 2.66. The Morgan fingerprint density at radius 3 is 2.71 bits per heavy atom. The van der Waals surface area contributed by atoms with Gasteiger partial charge in [-0.15, -0.1) is 0 Å². The Hall–Kier alpha value is -1.62. The molecule has 1 atom stereocenters. The van der Waals surface area contributed by atoms with Gasteiger partial charge < -0.3 is 15.2 Å². The molecule has 1 aliphatic heterocycles. The summed E-state index contributed by atoms with van der Waals surface area (Å²) in [5.41, 5.74) is 6.46. The fourth-order valence-electron chi connectivity index (χ4n) is 1.75. The lowest BCUT2D eigenvalue weighted by atomic mass is 10.0. The zero-order chi connectivity index (χ0) is 12.3. The van der Waals surface area contributed by atoms with E-state index in [1.807, 2.05) is 6.08 Å². The Morgan fingerprint density at radius 2 is 2.06 bits per heavy atom. The van der Waals surface area contributed by atoms with E-state index in [4.69, 9.17) is 10.5 Å². The van der Waals surface area contributed by atoms with Gasteiger partial charge in [-0.2, -0.15) is 8.78 Å². The number of hydrogen-bond donors (Lipinski definition) is 1. The average molecular weight is 241 g/mol. The molecular formula is C12H13F2NO2. The van der Waals surface area contributed by atoms with Gasteiger partial charge in [0.1, 0.15) is 11.5 Å². The molecule has 0 bridgehead atoms. The van der Waals surface area contributed by atoms with Crippen molar-refractivity contribution < 1.29 is 18.3 Å². The van der Waals surface area contributed by atoms with Crippen molar-refractivity contribution in [3.63, 3.8) is 0 Å². The van der Waals surface area contributed by atoms with Crippen molar-refractivity contribution in [2.75, 3.05) is 6.61 Å². The summed E-state index contributed by atoms with van der Waals surface area (Å²) in [7, 11) is 0. The highest BCUT2D eigenvalue weighted by Gasteiger charge is 2.21. The summed E-state index contributed by atoms with van der Waals surface area (Å²) >= 11 is 0. The quantitative estimate of drug-likeness (QED) is 0.881. The molecule has 2 rings (SSSR count). The van der Waals surface area contributed by atoms with E-state index in [0.717, 1.165) is 6.42 Å². The molecule has 1 unspecified atom stereocenters. The van der Waals surface area contributed by atoms with Crippen molar-refractivity contribution in [1.82, 2.24) is 0 Å². The molecule has 0 amide bonds. The Morgan fingerprint density at radius 1 is 1.29 bits per heavy atom. The van der Waals surface area contributed by atoms with Gasteiger partial charge in [0.15, 0.2) is 0 Å². The fourth-order valence-corrected chi connectivity index (χ4v) is 1.75. The first-order valence-corrected chi connectivity index (χ1v) is 5.30. The molecule has 0 aliphatic carbocycles. The molecule has 0 spiro atoms. The Bertz CT molecular complexity index is 421. The smallest absolute Gasteiger partial charge is 0.387 e. The summed E-state index contributed by atoms with van der Waals surface area (Å²) in [5.74, 6) is 0.696. The normalized spacial score (nSPS) is 16.6. The lowest BCUT2D eigenvalue weighted by Crippen LogP contribution is -2.16. The van der Waals surface area contributed by atoms with Gasteiger partial charge in [-0.3, -0.25) is 0 Å². The highest BCUT2D eigenvalue weighted by atomic mass is 19.3. The lowest BCUT2D eigenvalue weighted by Gasteiger charge is -2.17. The predicted octanol–water partition coefficient (Wildman–Crippen LogP) is 2.59. The zero-order valence-electron chi connectivity index (χ0n) is 9.11. The predicted molar refractivity (Wildman–Crippen MR) is 58.7 cm³/mol. The second-order valence-electron chi connectivity index (χ2n) is 3.64. The highest BCUT2D eigenvalue weighted by Crippen LogP contribution is 2.31. The molecule has 0 aromatic heterocycles. The standard InChI is InChI=1S/C12H13F2NO2/c13-12(14)17-9-5-2-1-4-8(9)11(15)10-6-3-7-16-10/h1-2,4-6,11-12H,3,7,15H2. The number of rotatable bonds is 4. The van der Waals surface area contributed by atoms with Crippen LogP contribution in [0.5, 0.6) is 5.75 Å². The van der Waals surface area contributed by atoms with Crippen LogP contribution in [0.15, 0.2) is 36.1 Å². The van der Waals surface area contributed by atoms with Crippen LogP contribution in [0.25, 0.3) is 0 Å². The molecule has 1 aromatic carbocycles. The van der Waals surface area contributed by atoms with Crippen LogP contribution in [0, 0.1) is 0 Å². The topological polar surface area (TPSA) is 44.5 Å². The third-order valence-electron chi connectivity index (χ3n) is 2.51. The van der Waals surface area contributed by atoms with Crippen LogP contribution in [0.2, 0.25) is 0 Å². The van der Waals surface area contributed by atoms with Crippen molar-refractivity contribution in [2.24, 2.45) is 5.73 Å². The number of benzene rings is 1. The van der Waals surface area contributed by atoms with Crippen LogP contribution in [0.3, 0.4) is 0 Å². The maximum absolute atomic E-state index is 12.2. The Kier molecular flexibility index (Phi) is 3.58. The van der Waals surface area contributed by atoms with Crippen molar-refractivity contribution in [3.05, 3.63) is 41.7 Å². The van der Waals surface area contributed by atoms with Crippen molar-refractivity contribution in [2.45, 2.75) is 19.1 Å². The highest BCUT2D eigenvalue weighted by molar-refractivity contribution is 5.39. The van der Waals surface area contributed by atoms with Gasteiger partial charge in [-0.05, 0) is 12.1 Å². The number of alkyl halides is 2. The van der Waals surface area contributed by atoms with Gasteiger partial charge in [-0.1, -0.05) is 18.2 Å². The second kappa shape index (κ2) is 5.14. The molecule has 0 saturated heterocycles. The van der Waals surface area contributed by atoms with Gasteiger partial charge in [-0.25, -0.2) is 0 Å². The molecule has 1 aliphatic rings. The molecule has 1 aromatic rings. The molecule has 1 heterocycles. The lowest BCUT2D eigenvalue weighted by molar-refractivity contribution is -0.0506. The average Bonchev–Trinajstić information content (AvgIpc) is 2.81. The van der Waals surface area contributed by atoms with E-state index in [9.17, 15) is 8.78 Å². The number of nitrogens with two attached hydrogens (primary N) is 1. The maximum atomic E-state index is 12.2. The van der Waals surface area contributed by atoms with E-state index in [1.165, 1.54) is 6.07 Å². The first-order chi connectivity index (χ1) is 8.18. The summed E-state index contributed by atoms with van der Waals surface area (Å²) in [5, 5.41) is 0. The van der Waals surface area contributed by atoms with Crippen LogP contribution in [0.4, 0.5) is 8.78 Å². The van der Waals surface area contributed by atoms with Crippen LogP contribution < -0.4 is 10.5 Å². The minimum absolute atomic E-state index is 0.0893. The number of hydrogen-bond acceptors (Lipinski definition) is 3. The van der Waals surface area contributed by atoms with Crippen LogP contribution in [-0.4, -0.2) is 13.2 Å². The van der Waals surface area contributed by atoms with E-state index in [2.05, 4.69) is 4.74 Å². The van der Waals surface area contributed by atoms with Gasteiger partial charge >= 0.3 is 6.61 Å². The summed E-state index contributed by atoms with van der Waals surface area (Å²) in [6, 6.07) is 5.91. The van der Waals surface area contributed by atoms with Crippen molar-refractivity contribution in [1.29, 1.82) is 0 Å². The molecule has 0 fully saturated rings. The second-order valence-corrected chi connectivity index (χ2v) is 3.64. The number of ether oxygens (including phenoxy) is 2. The Balaban J connectivity index is 2.24. The molecular weight excluding hydrogens is 228 g/mol. The largest absolute Gasteiger partial charge is 0.496 e. The molecule has 3 nitrogen and oxygen atoms in total. The first kappa shape index (κ1) is 11.9. The third kappa shape index (κ3) is 2.74. The van der Waals surface area contributed by atoms with Gasteiger partial charge in [0.25, 0.3) is 0 Å². The van der Waals surface area contributed by atoms with E-state index < -0.39 is 12.7 Å². The van der Waals surface area contributed by atoms with E-state index in [0.29, 0.717) is 17.9 Å². The molecule has 0 radical (unpaired) electrons. The molecule has 92 valence electrons. The van der Waals surface area contributed by atoms with Gasteiger partial charge in [0.05, 0.1) is 12.6 Å². The third-order valence-corrected chi connectivity index (χ3v) is 2.51. The van der Waals surface area contributed by atoms with E-state index in [1.54, 1.807) is 18.2 Å². The van der Waals surface area contributed by atoms with Crippen molar-refractivity contribution >= 4 is 0 Å². The van der Waals surface area contributed by atoms with E-state index >= 15 is 0 Å². The molecule has 5 heteroatoms. The minimum Gasteiger partial charge on any atom is -0.496 e. The van der Waals surface area contributed by atoms with Gasteiger partial charge in [0, 0.05) is 12.0 Å². The Labute approximate surface area is 97.8 Å². The van der Waals surface area contributed by atoms with Gasteiger partial charge in [0.2, 0.25) is 0 Å². The minimum atomic E-state index is -2.86. The van der Waals surface area contributed by atoms with Crippen LogP contribution in [0.1, 0.15) is 18.0 Å². The SMILES string of the molecule is NC(C1=CCCO1)c1ccccc1OC(F)F. The van der Waals surface area contributed by atoms with E-state index in [-0.39, 0.29) is 5.75 Å². The number of halogens is 2. The van der Waals surface area contributed by atoms with Crippen LogP contribution in [-0.2, 0) is 4.74 Å². The first-order valence-electron chi connectivity index (χ1n) is 5.30. The number of para-hydroxylation sites is 1. The van der Waals surface area contributed by atoms with Crippen molar-refractivity contribution in [3.8, 4) is 5.75 Å². The van der Waals surface area contributed by atoms with Crippen LogP contribution >= 0.6 is 0 Å². The summed E-state index contributed by atoms with van der Waals surface area (Å²) < 4.78 is 34.2. The molecule has 0 saturated carbocycles. The zero-order valence-corrected chi connectivity index (χ0v) is 9.11. The molecule has 2 N–H and O–H groups in total. The maximum Gasteiger partial charge on any atom is 0.387 e. The summed E-state index contributed by atoms with van der Waals surface area (Å²) in [6.45, 7) is -2.28.